The number of hydrogen-bond acceptors (Lipinski definition) is 2. The molecule has 0 saturated carbocycles. The van der Waals surface area contributed by atoms with Crippen molar-refractivity contribution in [3.05, 3.63) is 65.0 Å². The summed E-state index contributed by atoms with van der Waals surface area (Å²) in [6.07, 6.45) is -5.56. The highest BCUT2D eigenvalue weighted by molar-refractivity contribution is 8.45. The minimum atomic E-state index is -10.3. The third-order valence-electron chi connectivity index (χ3n) is 5.46. The number of amides is 2. The number of hydrogen-bond donors (Lipinski definition) is 1. The lowest BCUT2D eigenvalue weighted by atomic mass is 9.73. The fourth-order valence-corrected chi connectivity index (χ4v) is 4.55. The van der Waals surface area contributed by atoms with Gasteiger partial charge in [-0.1, -0.05) is 31.6 Å². The number of carbonyl (C=O) groups excluding carboxylic acids is 2. The molecule has 2 amide bonds. The van der Waals surface area contributed by atoms with E-state index < -0.39 is 79.1 Å². The Morgan fingerprint density at radius 2 is 1.57 bits per heavy atom. The van der Waals surface area contributed by atoms with Crippen LogP contribution in [0.1, 0.15) is 24.0 Å². The molecule has 0 aromatic heterocycles. The first kappa shape index (κ1) is 28.2. The number of rotatable bonds is 3. The van der Waals surface area contributed by atoms with Crippen molar-refractivity contribution in [1.29, 1.82) is 0 Å². The maximum Gasteiger partial charge on any atom is 0.473 e. The zero-order valence-electron chi connectivity index (χ0n) is 18.3. The summed E-state index contributed by atoms with van der Waals surface area (Å²) < 4.78 is 149. The Kier molecular flexibility index (Phi) is 5.96. The van der Waals surface area contributed by atoms with Gasteiger partial charge in [0.1, 0.15) is 22.3 Å². The zero-order valence-corrected chi connectivity index (χ0v) is 19.1. The Labute approximate surface area is 200 Å². The van der Waals surface area contributed by atoms with Crippen LogP contribution in [-0.4, -0.2) is 35.9 Å². The van der Waals surface area contributed by atoms with Gasteiger partial charge in [-0.05, 0) is 24.6 Å². The topological polar surface area (TPSA) is 61.8 Å². The lowest BCUT2D eigenvalue weighted by Crippen LogP contribution is -2.63. The van der Waals surface area contributed by atoms with Crippen LogP contribution >= 0.6 is 10.2 Å². The van der Waals surface area contributed by atoms with E-state index in [2.05, 4.69) is 4.99 Å². The maximum absolute atomic E-state index is 14.8. The fraction of sp³-hybridized carbons (Fsp3) is 0.250. The Balaban J connectivity index is 2.34. The molecule has 3 rings (SSSR count). The van der Waals surface area contributed by atoms with Gasteiger partial charge in [-0.2, -0.15) is 18.2 Å². The molecule has 204 valence electrons. The summed E-state index contributed by atoms with van der Waals surface area (Å²) in [5.41, 5.74) is -4.86. The number of benzene rings is 2. The average Bonchev–Trinajstić information content (AvgIpc) is 2.69. The van der Waals surface area contributed by atoms with Crippen molar-refractivity contribution in [2.45, 2.75) is 29.5 Å². The van der Waals surface area contributed by atoms with Crippen molar-refractivity contribution >= 4 is 28.0 Å². The van der Waals surface area contributed by atoms with Gasteiger partial charge in [0, 0.05) is 24.7 Å². The molecular formula is C20H14F11N3O2S. The lowest BCUT2D eigenvalue weighted by molar-refractivity contribution is -0.169. The van der Waals surface area contributed by atoms with Gasteiger partial charge in [0.15, 0.2) is 0 Å². The molecular weight excluding hydrogens is 555 g/mol. The van der Waals surface area contributed by atoms with E-state index >= 15 is 0 Å². The highest BCUT2D eigenvalue weighted by Crippen LogP contribution is 3.02. The molecule has 0 radical (unpaired) electrons. The second kappa shape index (κ2) is 7.82. The quantitative estimate of drug-likeness (QED) is 0.444. The van der Waals surface area contributed by atoms with E-state index in [0.717, 1.165) is 20.0 Å². The van der Waals surface area contributed by atoms with Crippen LogP contribution in [0.15, 0.2) is 46.3 Å². The van der Waals surface area contributed by atoms with Crippen LogP contribution in [0.5, 0.6) is 0 Å². The van der Waals surface area contributed by atoms with Crippen molar-refractivity contribution in [2.75, 3.05) is 7.05 Å². The molecule has 1 saturated heterocycles. The summed E-state index contributed by atoms with van der Waals surface area (Å²) in [5, 5.41) is 2.03. The van der Waals surface area contributed by atoms with Gasteiger partial charge in [0.25, 0.3) is 0 Å². The van der Waals surface area contributed by atoms with Crippen LogP contribution in [0.4, 0.5) is 45.8 Å². The first-order valence-electron chi connectivity index (χ1n) is 9.70. The number of likely N-dealkylation sites (N-methyl/N-ethyl adjacent to an activating group) is 1. The Morgan fingerprint density at radius 3 is 2.05 bits per heavy atom. The molecule has 5 nitrogen and oxygen atoms in total. The third-order valence-corrected chi connectivity index (χ3v) is 6.60. The van der Waals surface area contributed by atoms with Gasteiger partial charge in [0.2, 0.25) is 11.9 Å². The molecule has 1 N–H and O–H groups in total. The Morgan fingerprint density at radius 1 is 1.03 bits per heavy atom. The monoisotopic (exact) mass is 569 g/mol. The molecule has 0 aliphatic carbocycles. The van der Waals surface area contributed by atoms with Crippen molar-refractivity contribution < 1.29 is 55.4 Å². The predicted molar refractivity (Wildman–Crippen MR) is 109 cm³/mol. The first-order chi connectivity index (χ1) is 16.5. The largest absolute Gasteiger partial charge is 0.473 e. The molecule has 2 atom stereocenters. The normalized spacial score (nSPS) is 23.9. The molecule has 37 heavy (non-hydrogen) atoms. The Bertz CT molecular complexity index is 1320. The molecule has 2 aromatic rings. The number of halogens is 11. The highest BCUT2D eigenvalue weighted by Gasteiger charge is 2.65. The number of carbonyl (C=O) groups is 2. The molecule has 1 fully saturated rings. The molecule has 1 aliphatic rings. The molecule has 0 bridgehead atoms. The second-order valence-electron chi connectivity index (χ2n) is 8.18. The summed E-state index contributed by atoms with van der Waals surface area (Å²) in [5.74, 6) is -12.6. The Hall–Kier alpha value is -3.37. The summed E-state index contributed by atoms with van der Waals surface area (Å²) in [7, 11) is -9.62. The van der Waals surface area contributed by atoms with E-state index in [1.165, 1.54) is 0 Å². The summed E-state index contributed by atoms with van der Waals surface area (Å²) in [6.45, 7) is 0.724. The molecule has 17 heteroatoms. The minimum Gasteiger partial charge on any atom is -0.345 e. The van der Waals surface area contributed by atoms with E-state index in [-0.39, 0.29) is 29.2 Å². The van der Waals surface area contributed by atoms with Crippen LogP contribution < -0.4 is 5.32 Å². The van der Waals surface area contributed by atoms with Gasteiger partial charge < -0.3 is 5.32 Å². The average molecular weight is 569 g/mol. The minimum absolute atomic E-state index is 0.0131. The number of nitrogens with zero attached hydrogens (tertiary/aromatic N) is 2. The SMILES string of the molecule is CN1C(=O)[C@H](c2cccc(S(F)(F)(F)(F)F)c2)[C@@](C)(c2c(F)cc(F)cc2F)N/C1=N/C(=O)C(F)(F)F. The van der Waals surface area contributed by atoms with E-state index in [4.69, 9.17) is 0 Å². The number of aliphatic imine (C=N–C) groups is 1. The molecule has 0 unspecified atom stereocenters. The highest BCUT2D eigenvalue weighted by atomic mass is 32.5. The fourth-order valence-electron chi connectivity index (χ4n) is 3.85. The maximum atomic E-state index is 14.8. The van der Waals surface area contributed by atoms with Crippen molar-refractivity contribution in [1.82, 2.24) is 10.2 Å². The standard InChI is InChI=1S/C20H14F11N3O2S/c1-19(15-12(22)7-10(21)8-13(15)23)14(9-4-3-5-11(6-9)37(27,28,29,30)31)16(35)34(2)18(33-19)32-17(36)20(24,25)26/h3-8,14H,1-2H3,(H,32,33,36)/t14-,19-/m0/s1. The van der Waals surface area contributed by atoms with Crippen LogP contribution in [0, 0.1) is 17.5 Å². The van der Waals surface area contributed by atoms with Gasteiger partial charge in [-0.3, -0.25) is 14.5 Å². The van der Waals surface area contributed by atoms with Gasteiger partial charge in [-0.15, -0.1) is 0 Å². The lowest BCUT2D eigenvalue weighted by Gasteiger charge is -2.47. The van der Waals surface area contributed by atoms with Crippen molar-refractivity contribution in [3.63, 3.8) is 0 Å². The summed E-state index contributed by atoms with van der Waals surface area (Å²) in [4.78, 5) is 25.0. The van der Waals surface area contributed by atoms with Crippen LogP contribution in [0.2, 0.25) is 0 Å². The van der Waals surface area contributed by atoms with Gasteiger partial charge >= 0.3 is 22.3 Å². The molecule has 1 aliphatic heterocycles. The van der Waals surface area contributed by atoms with Gasteiger partial charge in [0.05, 0.1) is 11.5 Å². The van der Waals surface area contributed by atoms with E-state index in [0.29, 0.717) is 6.07 Å². The molecule has 1 heterocycles. The number of nitrogens with one attached hydrogen (secondary N) is 1. The van der Waals surface area contributed by atoms with E-state index in [1.807, 2.05) is 5.32 Å². The first-order valence-corrected chi connectivity index (χ1v) is 11.7. The van der Waals surface area contributed by atoms with Crippen molar-refractivity contribution in [3.8, 4) is 0 Å². The summed E-state index contributed by atoms with van der Waals surface area (Å²) >= 11 is 0. The summed E-state index contributed by atoms with van der Waals surface area (Å²) in [6, 6.07) is 1.25. The molecule has 2 aromatic carbocycles. The molecule has 0 spiro atoms. The number of alkyl halides is 3. The van der Waals surface area contributed by atoms with Crippen LogP contribution in [0.25, 0.3) is 0 Å². The van der Waals surface area contributed by atoms with Crippen LogP contribution in [0.3, 0.4) is 0 Å². The predicted octanol–water partition coefficient (Wildman–Crippen LogP) is 6.27. The van der Waals surface area contributed by atoms with E-state index in [9.17, 15) is 55.4 Å². The second-order valence-corrected chi connectivity index (χ2v) is 10.6. The van der Waals surface area contributed by atoms with Gasteiger partial charge in [-0.25, -0.2) is 13.2 Å². The van der Waals surface area contributed by atoms with Crippen LogP contribution in [-0.2, 0) is 15.1 Å². The zero-order chi connectivity index (χ0) is 28.4. The number of guanidine groups is 1. The third kappa shape index (κ3) is 5.35. The van der Waals surface area contributed by atoms with Crippen molar-refractivity contribution in [2.24, 2.45) is 4.99 Å². The smallest absolute Gasteiger partial charge is 0.345 e. The van der Waals surface area contributed by atoms with E-state index in [1.54, 1.807) is 0 Å².